The number of guanidine groups is 1. The first-order valence-electron chi connectivity index (χ1n) is 10.4. The molecule has 0 bridgehead atoms. The molecule has 0 aliphatic carbocycles. The Hall–Kier alpha value is -2.29. The van der Waals surface area contributed by atoms with E-state index in [2.05, 4.69) is 27.9 Å². The molecular weight excluding hydrogens is 404 g/mol. The summed E-state index contributed by atoms with van der Waals surface area (Å²) in [7, 11) is -1.33. The molecule has 1 heterocycles. The third-order valence-corrected chi connectivity index (χ3v) is 6.81. The van der Waals surface area contributed by atoms with E-state index in [-0.39, 0.29) is 36.0 Å². The summed E-state index contributed by atoms with van der Waals surface area (Å²) in [5, 5.41) is 9.14. The molecule has 1 aromatic rings. The number of aliphatic imine (C=N–C) groups is 1. The van der Waals surface area contributed by atoms with Gasteiger partial charge >= 0.3 is 0 Å². The van der Waals surface area contributed by atoms with Gasteiger partial charge in [-0.05, 0) is 38.3 Å². The van der Waals surface area contributed by atoms with E-state index in [1.165, 1.54) is 0 Å². The predicted molar refractivity (Wildman–Crippen MR) is 120 cm³/mol. The lowest BCUT2D eigenvalue weighted by molar-refractivity contribution is -0.121. The second-order valence-electron chi connectivity index (χ2n) is 7.72. The lowest BCUT2D eigenvalue weighted by Crippen LogP contribution is -2.41. The summed E-state index contributed by atoms with van der Waals surface area (Å²) < 4.78 is 29.0. The molecular formula is C21H34N4O4S. The quantitative estimate of drug-likeness (QED) is 0.399. The highest BCUT2D eigenvalue weighted by Crippen LogP contribution is 2.22. The molecule has 0 spiro atoms. The van der Waals surface area contributed by atoms with Gasteiger partial charge in [0, 0.05) is 38.2 Å². The Bertz CT molecular complexity index is 855. The van der Waals surface area contributed by atoms with E-state index in [9.17, 15) is 13.2 Å². The fourth-order valence-corrected chi connectivity index (χ4v) is 4.79. The number of benzene rings is 1. The van der Waals surface area contributed by atoms with Crippen molar-refractivity contribution < 1.29 is 17.9 Å². The van der Waals surface area contributed by atoms with Crippen molar-refractivity contribution in [3.8, 4) is 5.75 Å². The van der Waals surface area contributed by atoms with Crippen LogP contribution in [0.2, 0.25) is 0 Å². The fourth-order valence-electron chi connectivity index (χ4n) is 3.12. The van der Waals surface area contributed by atoms with Crippen molar-refractivity contribution in [3.05, 3.63) is 29.3 Å². The van der Waals surface area contributed by atoms with Gasteiger partial charge in [0.1, 0.15) is 5.75 Å². The number of hydrogen-bond acceptors (Lipinski definition) is 5. The van der Waals surface area contributed by atoms with Gasteiger partial charge in [0.2, 0.25) is 5.91 Å². The van der Waals surface area contributed by atoms with Crippen LogP contribution in [-0.4, -0.2) is 57.5 Å². The Balaban J connectivity index is 1.79. The molecule has 30 heavy (non-hydrogen) atoms. The average molecular weight is 439 g/mol. The minimum atomic E-state index is -3.00. The van der Waals surface area contributed by atoms with Crippen LogP contribution in [0, 0.1) is 6.92 Å². The van der Waals surface area contributed by atoms with Crippen LogP contribution < -0.4 is 20.7 Å². The molecule has 168 valence electrons. The Morgan fingerprint density at radius 2 is 2.10 bits per heavy atom. The van der Waals surface area contributed by atoms with Crippen molar-refractivity contribution >= 4 is 21.7 Å². The minimum absolute atomic E-state index is 0.0347. The topological polar surface area (TPSA) is 109 Å². The van der Waals surface area contributed by atoms with Crippen LogP contribution in [0.25, 0.3) is 0 Å². The normalized spacial score (nSPS) is 19.2. The third kappa shape index (κ3) is 7.85. The first-order valence-corrected chi connectivity index (χ1v) is 12.2. The first-order chi connectivity index (χ1) is 14.2. The molecule has 1 aliphatic heterocycles. The molecule has 9 heteroatoms. The molecule has 1 amide bonds. The van der Waals surface area contributed by atoms with Crippen LogP contribution in [0.4, 0.5) is 0 Å². The number of hydrogen-bond donors (Lipinski definition) is 3. The van der Waals surface area contributed by atoms with Crippen molar-refractivity contribution in [2.45, 2.75) is 58.7 Å². The lowest BCUT2D eigenvalue weighted by atomic mass is 10.1. The van der Waals surface area contributed by atoms with E-state index in [4.69, 9.17) is 4.74 Å². The van der Waals surface area contributed by atoms with E-state index in [0.717, 1.165) is 23.3 Å². The van der Waals surface area contributed by atoms with E-state index < -0.39 is 9.84 Å². The summed E-state index contributed by atoms with van der Waals surface area (Å²) in [6.45, 7) is 7.11. The van der Waals surface area contributed by atoms with Gasteiger partial charge in [-0.15, -0.1) is 0 Å². The number of amides is 1. The summed E-state index contributed by atoms with van der Waals surface area (Å²) in [5.74, 6) is 1.46. The Kier molecular flexibility index (Phi) is 8.95. The smallest absolute Gasteiger partial charge is 0.222 e. The van der Waals surface area contributed by atoms with Crippen LogP contribution in [0.15, 0.2) is 23.2 Å². The Labute approximate surface area is 179 Å². The zero-order chi connectivity index (χ0) is 22.1. The first kappa shape index (κ1) is 24.0. The van der Waals surface area contributed by atoms with Crippen molar-refractivity contribution in [3.63, 3.8) is 0 Å². The van der Waals surface area contributed by atoms with Gasteiger partial charge in [-0.1, -0.05) is 19.1 Å². The number of ether oxygens (including phenoxy) is 1. The van der Waals surface area contributed by atoms with Crippen LogP contribution in [0.5, 0.6) is 5.75 Å². The summed E-state index contributed by atoms with van der Waals surface area (Å²) in [4.78, 5) is 16.2. The molecule has 2 atom stereocenters. The Morgan fingerprint density at radius 3 is 2.73 bits per heavy atom. The largest absolute Gasteiger partial charge is 0.490 e. The van der Waals surface area contributed by atoms with Crippen molar-refractivity contribution in [2.75, 3.05) is 25.1 Å². The van der Waals surface area contributed by atoms with Crippen LogP contribution in [0.3, 0.4) is 0 Å². The molecule has 1 fully saturated rings. The van der Waals surface area contributed by atoms with Crippen molar-refractivity contribution in [1.82, 2.24) is 16.0 Å². The molecule has 0 radical (unpaired) electrons. The van der Waals surface area contributed by atoms with E-state index in [0.29, 0.717) is 25.5 Å². The maximum Gasteiger partial charge on any atom is 0.222 e. The van der Waals surface area contributed by atoms with Gasteiger partial charge in [0.15, 0.2) is 15.8 Å². The second-order valence-corrected chi connectivity index (χ2v) is 9.95. The highest BCUT2D eigenvalue weighted by molar-refractivity contribution is 7.91. The highest BCUT2D eigenvalue weighted by Gasteiger charge is 2.28. The van der Waals surface area contributed by atoms with Gasteiger partial charge in [-0.2, -0.15) is 0 Å². The third-order valence-electron chi connectivity index (χ3n) is 5.04. The van der Waals surface area contributed by atoms with E-state index in [1.54, 1.807) is 7.05 Å². The number of nitrogens with zero attached hydrogens (tertiary/aromatic N) is 1. The highest BCUT2D eigenvalue weighted by atomic mass is 32.2. The van der Waals surface area contributed by atoms with Crippen molar-refractivity contribution in [2.24, 2.45) is 4.99 Å². The van der Waals surface area contributed by atoms with E-state index in [1.807, 2.05) is 32.0 Å². The van der Waals surface area contributed by atoms with E-state index >= 15 is 0 Å². The minimum Gasteiger partial charge on any atom is -0.490 e. The van der Waals surface area contributed by atoms with Crippen LogP contribution in [0.1, 0.15) is 44.2 Å². The second kappa shape index (κ2) is 11.2. The number of rotatable bonds is 9. The molecule has 2 unspecified atom stereocenters. The average Bonchev–Trinajstić information content (AvgIpc) is 3.03. The molecule has 1 aromatic carbocycles. The fraction of sp³-hybridized carbons (Fsp3) is 0.619. The SMILES string of the molecule is CCC(C)Oc1cc(C)ccc1CNC(=NC)NCCC(=O)NC1CCS(=O)(=O)C1. The molecule has 1 saturated heterocycles. The lowest BCUT2D eigenvalue weighted by Gasteiger charge is -2.18. The monoisotopic (exact) mass is 438 g/mol. The van der Waals surface area contributed by atoms with Crippen molar-refractivity contribution in [1.29, 1.82) is 0 Å². The van der Waals surface area contributed by atoms with Gasteiger partial charge in [-0.25, -0.2) is 8.42 Å². The molecule has 1 aliphatic rings. The zero-order valence-corrected chi connectivity index (χ0v) is 19.1. The van der Waals surface area contributed by atoms with Gasteiger partial charge < -0.3 is 20.7 Å². The Morgan fingerprint density at radius 1 is 1.33 bits per heavy atom. The predicted octanol–water partition coefficient (Wildman–Crippen LogP) is 1.53. The van der Waals surface area contributed by atoms with Gasteiger partial charge in [0.05, 0.1) is 17.6 Å². The van der Waals surface area contributed by atoms with Gasteiger partial charge in [0.25, 0.3) is 0 Å². The summed E-state index contributed by atoms with van der Waals surface area (Å²) in [6, 6.07) is 5.85. The van der Waals surface area contributed by atoms with Crippen LogP contribution in [-0.2, 0) is 21.2 Å². The molecule has 2 rings (SSSR count). The standard InChI is InChI=1S/C21H34N4O4S/c1-5-16(3)29-19-12-15(2)6-7-17(19)13-24-21(22-4)23-10-8-20(26)25-18-9-11-30(27,28)14-18/h6-7,12,16,18H,5,8-11,13-14H2,1-4H3,(H,25,26)(H2,22,23,24). The number of aryl methyl sites for hydroxylation is 1. The molecule has 8 nitrogen and oxygen atoms in total. The summed E-state index contributed by atoms with van der Waals surface area (Å²) in [6.07, 6.45) is 1.79. The maximum absolute atomic E-state index is 12.0. The van der Waals surface area contributed by atoms with Gasteiger partial charge in [-0.3, -0.25) is 9.79 Å². The molecule has 0 aromatic heterocycles. The molecule has 3 N–H and O–H groups in total. The number of sulfone groups is 1. The zero-order valence-electron chi connectivity index (χ0n) is 18.3. The summed E-state index contributed by atoms with van der Waals surface area (Å²) >= 11 is 0. The molecule has 0 saturated carbocycles. The maximum atomic E-state index is 12.0. The number of carbonyl (C=O) groups excluding carboxylic acids is 1. The van der Waals surface area contributed by atoms with Crippen LogP contribution >= 0.6 is 0 Å². The number of carbonyl (C=O) groups is 1. The number of nitrogens with one attached hydrogen (secondary N) is 3. The summed E-state index contributed by atoms with van der Waals surface area (Å²) in [5.41, 5.74) is 2.17.